The number of nitrogens with zero attached hydrogens (tertiary/aromatic N) is 2. The van der Waals surface area contributed by atoms with Crippen molar-refractivity contribution in [3.8, 4) is 0 Å². The van der Waals surface area contributed by atoms with E-state index in [-0.39, 0.29) is 10.8 Å². The molecule has 0 spiro atoms. The molecule has 2 heterocycles. The number of fused-ring (bicyclic) bond motifs is 1. The zero-order chi connectivity index (χ0) is 20.4. The minimum atomic E-state index is -3.62. The van der Waals surface area contributed by atoms with Crippen LogP contribution in [0.3, 0.4) is 0 Å². The van der Waals surface area contributed by atoms with E-state index in [0.29, 0.717) is 35.4 Å². The predicted octanol–water partition coefficient (Wildman–Crippen LogP) is 3.97. The molecule has 1 aliphatic rings. The first-order valence-corrected chi connectivity index (χ1v) is 11.2. The largest absolute Gasteiger partial charge is 0.320 e. The number of hydrogen-bond donors (Lipinski definition) is 1. The molecular formula is C22H23N3O3S. The van der Waals surface area contributed by atoms with Crippen LogP contribution in [0.5, 0.6) is 0 Å². The fraction of sp³-hybridized carbons (Fsp3) is 0.273. The number of benzene rings is 2. The van der Waals surface area contributed by atoms with E-state index in [0.717, 1.165) is 24.6 Å². The van der Waals surface area contributed by atoms with Crippen molar-refractivity contribution in [2.75, 3.05) is 18.4 Å². The average molecular weight is 410 g/mol. The Bertz CT molecular complexity index is 1160. The van der Waals surface area contributed by atoms with Gasteiger partial charge in [0.2, 0.25) is 10.0 Å². The molecule has 2 aromatic carbocycles. The van der Waals surface area contributed by atoms with Crippen molar-refractivity contribution in [3.05, 3.63) is 65.9 Å². The smallest absolute Gasteiger partial charge is 0.255 e. The summed E-state index contributed by atoms with van der Waals surface area (Å²) in [5.41, 5.74) is 2.23. The van der Waals surface area contributed by atoms with Gasteiger partial charge in [0.25, 0.3) is 5.91 Å². The van der Waals surface area contributed by atoms with Gasteiger partial charge in [0.05, 0.1) is 16.1 Å². The van der Waals surface area contributed by atoms with Gasteiger partial charge < -0.3 is 5.32 Å². The van der Waals surface area contributed by atoms with E-state index < -0.39 is 10.0 Å². The summed E-state index contributed by atoms with van der Waals surface area (Å²) in [5, 5.41) is 3.79. The maximum Gasteiger partial charge on any atom is 0.255 e. The lowest BCUT2D eigenvalue weighted by molar-refractivity contribution is 0.102. The molecule has 1 aliphatic heterocycles. The fourth-order valence-electron chi connectivity index (χ4n) is 3.66. The van der Waals surface area contributed by atoms with Gasteiger partial charge in [0, 0.05) is 30.2 Å². The molecule has 1 amide bonds. The summed E-state index contributed by atoms with van der Waals surface area (Å²) >= 11 is 0. The van der Waals surface area contributed by atoms with E-state index in [1.807, 2.05) is 24.3 Å². The lowest BCUT2D eigenvalue weighted by atomic mass is 10.1. The molecule has 1 N–H and O–H groups in total. The molecule has 0 bridgehead atoms. The first-order chi connectivity index (χ1) is 14.0. The third-order valence-electron chi connectivity index (χ3n) is 5.26. The lowest BCUT2D eigenvalue weighted by Crippen LogP contribution is -2.36. The number of hydrogen-bond acceptors (Lipinski definition) is 4. The molecule has 1 fully saturated rings. The molecule has 0 saturated carbocycles. The molecule has 0 unspecified atom stereocenters. The van der Waals surface area contributed by atoms with Gasteiger partial charge in [0.1, 0.15) is 0 Å². The highest BCUT2D eigenvalue weighted by Crippen LogP contribution is 2.26. The van der Waals surface area contributed by atoms with Crippen LogP contribution in [0.25, 0.3) is 10.9 Å². The summed E-state index contributed by atoms with van der Waals surface area (Å²) in [6.07, 6.45) is 4.46. The summed E-state index contributed by atoms with van der Waals surface area (Å²) < 4.78 is 27.7. The molecule has 29 heavy (non-hydrogen) atoms. The zero-order valence-electron chi connectivity index (χ0n) is 16.3. The second-order valence-corrected chi connectivity index (χ2v) is 9.19. The van der Waals surface area contributed by atoms with Gasteiger partial charge in [-0.1, -0.05) is 30.7 Å². The van der Waals surface area contributed by atoms with Gasteiger partial charge in [0.15, 0.2) is 0 Å². The number of aromatic nitrogens is 1. The van der Waals surface area contributed by atoms with Crippen LogP contribution in [-0.2, 0) is 10.0 Å². The Hall–Kier alpha value is -2.77. The SMILES string of the molecule is Cc1ccc(C(=O)Nc2cccc3cccnc23)cc1S(=O)(=O)N1CCCCC1. The van der Waals surface area contributed by atoms with Crippen LogP contribution in [0, 0.1) is 6.92 Å². The highest BCUT2D eigenvalue weighted by Gasteiger charge is 2.28. The molecule has 3 aromatic rings. The third-order valence-corrected chi connectivity index (χ3v) is 7.30. The van der Waals surface area contributed by atoms with Crippen molar-refractivity contribution >= 4 is 32.5 Å². The van der Waals surface area contributed by atoms with Crippen LogP contribution >= 0.6 is 0 Å². The van der Waals surface area contributed by atoms with E-state index in [9.17, 15) is 13.2 Å². The van der Waals surface area contributed by atoms with Gasteiger partial charge in [-0.3, -0.25) is 9.78 Å². The number of pyridine rings is 1. The summed E-state index contributed by atoms with van der Waals surface area (Å²) in [4.78, 5) is 17.4. The quantitative estimate of drug-likeness (QED) is 0.707. The Morgan fingerprint density at radius 3 is 2.59 bits per heavy atom. The van der Waals surface area contributed by atoms with Crippen molar-refractivity contribution in [1.82, 2.24) is 9.29 Å². The van der Waals surface area contributed by atoms with E-state index in [1.165, 1.54) is 10.4 Å². The van der Waals surface area contributed by atoms with Crippen molar-refractivity contribution in [2.45, 2.75) is 31.1 Å². The van der Waals surface area contributed by atoms with Crippen molar-refractivity contribution in [2.24, 2.45) is 0 Å². The van der Waals surface area contributed by atoms with Crippen molar-refractivity contribution in [1.29, 1.82) is 0 Å². The number of para-hydroxylation sites is 1. The number of rotatable bonds is 4. The van der Waals surface area contributed by atoms with Gasteiger partial charge in [-0.2, -0.15) is 4.31 Å². The van der Waals surface area contributed by atoms with Crippen molar-refractivity contribution < 1.29 is 13.2 Å². The monoisotopic (exact) mass is 409 g/mol. The highest BCUT2D eigenvalue weighted by molar-refractivity contribution is 7.89. The van der Waals surface area contributed by atoms with Gasteiger partial charge in [-0.25, -0.2) is 8.42 Å². The number of aryl methyl sites for hydroxylation is 1. The highest BCUT2D eigenvalue weighted by atomic mass is 32.2. The van der Waals surface area contributed by atoms with E-state index >= 15 is 0 Å². The Balaban J connectivity index is 1.65. The van der Waals surface area contributed by atoms with Gasteiger partial charge in [-0.05, 0) is 49.6 Å². The fourth-order valence-corrected chi connectivity index (χ4v) is 5.43. The number of nitrogens with one attached hydrogen (secondary N) is 1. The molecule has 7 heteroatoms. The van der Waals surface area contributed by atoms with E-state index in [1.54, 1.807) is 31.3 Å². The molecular weight excluding hydrogens is 386 g/mol. The molecule has 0 aliphatic carbocycles. The molecule has 4 rings (SSSR count). The maximum absolute atomic E-state index is 13.1. The molecule has 0 radical (unpaired) electrons. The third kappa shape index (κ3) is 3.88. The number of anilines is 1. The molecule has 1 aromatic heterocycles. The molecule has 150 valence electrons. The number of carbonyl (C=O) groups is 1. The summed E-state index contributed by atoms with van der Waals surface area (Å²) in [7, 11) is -3.62. The summed E-state index contributed by atoms with van der Waals surface area (Å²) in [5.74, 6) is -0.363. The van der Waals surface area contributed by atoms with Crippen LogP contribution in [-0.4, -0.2) is 36.7 Å². The average Bonchev–Trinajstić information content (AvgIpc) is 2.75. The Kier molecular flexibility index (Phi) is 5.34. The number of piperidine rings is 1. The summed E-state index contributed by atoms with van der Waals surface area (Å²) in [6.45, 7) is 2.81. The summed E-state index contributed by atoms with van der Waals surface area (Å²) in [6, 6.07) is 14.1. The van der Waals surface area contributed by atoms with Crippen LogP contribution in [0.15, 0.2) is 59.6 Å². The number of carbonyl (C=O) groups excluding carboxylic acids is 1. The normalized spacial score (nSPS) is 15.3. The zero-order valence-corrected chi connectivity index (χ0v) is 17.1. The first-order valence-electron chi connectivity index (χ1n) is 9.73. The molecule has 0 atom stereocenters. The van der Waals surface area contributed by atoms with Gasteiger partial charge >= 0.3 is 0 Å². The molecule has 6 nitrogen and oxygen atoms in total. The predicted molar refractivity (Wildman–Crippen MR) is 113 cm³/mol. The topological polar surface area (TPSA) is 79.4 Å². The molecule has 1 saturated heterocycles. The number of amides is 1. The second kappa shape index (κ2) is 7.93. The maximum atomic E-state index is 13.1. The Morgan fingerprint density at radius 1 is 1.03 bits per heavy atom. The van der Waals surface area contributed by atoms with Crippen molar-refractivity contribution in [3.63, 3.8) is 0 Å². The van der Waals surface area contributed by atoms with Crippen LogP contribution in [0.4, 0.5) is 5.69 Å². The minimum absolute atomic E-state index is 0.197. The minimum Gasteiger partial charge on any atom is -0.320 e. The standard InChI is InChI=1S/C22H23N3O3S/c1-16-10-11-18(15-20(16)29(27,28)25-13-3-2-4-14-25)22(26)24-19-9-5-7-17-8-6-12-23-21(17)19/h5-12,15H,2-4,13-14H2,1H3,(H,24,26). The first kappa shape index (κ1) is 19.5. The van der Waals surface area contributed by atoms with E-state index in [4.69, 9.17) is 0 Å². The lowest BCUT2D eigenvalue weighted by Gasteiger charge is -2.26. The second-order valence-electron chi connectivity index (χ2n) is 7.28. The van der Waals surface area contributed by atoms with Crippen LogP contribution in [0.1, 0.15) is 35.2 Å². The van der Waals surface area contributed by atoms with Crippen LogP contribution in [0.2, 0.25) is 0 Å². The Labute approximate surface area is 170 Å². The Morgan fingerprint density at radius 2 is 1.79 bits per heavy atom. The van der Waals surface area contributed by atoms with E-state index in [2.05, 4.69) is 10.3 Å². The van der Waals surface area contributed by atoms with Crippen LogP contribution < -0.4 is 5.32 Å². The van der Waals surface area contributed by atoms with Gasteiger partial charge in [-0.15, -0.1) is 0 Å². The number of sulfonamides is 1.